The fraction of sp³-hybridized carbons (Fsp3) is 0.667. The first-order valence-corrected chi connectivity index (χ1v) is 8.26. The first kappa shape index (κ1) is 14.9. The fourth-order valence-corrected chi connectivity index (χ4v) is 3.87. The third-order valence-electron chi connectivity index (χ3n) is 5.11. The average molecular weight is 289 g/mol. The van der Waals surface area contributed by atoms with Gasteiger partial charge >= 0.3 is 0 Å². The molecule has 3 rings (SSSR count). The summed E-state index contributed by atoms with van der Waals surface area (Å²) in [6.07, 6.45) is 8.06. The summed E-state index contributed by atoms with van der Waals surface area (Å²) in [6.45, 7) is 3.12. The lowest BCUT2D eigenvalue weighted by atomic mass is 9.98. The van der Waals surface area contributed by atoms with Gasteiger partial charge in [0, 0.05) is 18.2 Å². The van der Waals surface area contributed by atoms with E-state index in [0.29, 0.717) is 6.10 Å². The number of methoxy groups -OCH3 is 1. The normalized spacial score (nSPS) is 25.3. The average Bonchev–Trinajstić information content (AvgIpc) is 3.15. The van der Waals surface area contributed by atoms with Crippen LogP contribution in [0.25, 0.3) is 0 Å². The predicted molar refractivity (Wildman–Crippen MR) is 84.7 cm³/mol. The van der Waals surface area contributed by atoms with Gasteiger partial charge in [0.2, 0.25) is 0 Å². The van der Waals surface area contributed by atoms with E-state index in [1.54, 1.807) is 7.11 Å². The topological polar surface area (TPSA) is 30.5 Å². The van der Waals surface area contributed by atoms with E-state index in [-0.39, 0.29) is 11.6 Å². The first-order chi connectivity index (χ1) is 10.2. The van der Waals surface area contributed by atoms with E-state index in [4.69, 9.17) is 9.47 Å². The third kappa shape index (κ3) is 3.24. The maximum absolute atomic E-state index is 6.36. The summed E-state index contributed by atoms with van der Waals surface area (Å²) < 4.78 is 11.8. The fourth-order valence-electron chi connectivity index (χ4n) is 3.87. The van der Waals surface area contributed by atoms with E-state index in [1.165, 1.54) is 44.1 Å². The summed E-state index contributed by atoms with van der Waals surface area (Å²) in [4.78, 5) is 0. The second-order valence-corrected chi connectivity index (χ2v) is 6.54. The van der Waals surface area contributed by atoms with Crippen molar-refractivity contribution in [3.8, 4) is 5.75 Å². The van der Waals surface area contributed by atoms with E-state index >= 15 is 0 Å². The van der Waals surface area contributed by atoms with Gasteiger partial charge in [-0.05, 0) is 38.7 Å². The number of rotatable bonds is 5. The molecule has 3 nitrogen and oxygen atoms in total. The lowest BCUT2D eigenvalue weighted by molar-refractivity contribution is -0.0357. The molecule has 2 atom stereocenters. The van der Waals surface area contributed by atoms with Gasteiger partial charge in [-0.1, -0.05) is 31.0 Å². The molecule has 1 aromatic carbocycles. The largest absolute Gasteiger partial charge is 0.496 e. The monoisotopic (exact) mass is 289 g/mol. The molecule has 0 aromatic heterocycles. The van der Waals surface area contributed by atoms with E-state index in [0.717, 1.165) is 12.3 Å². The van der Waals surface area contributed by atoms with Crippen LogP contribution in [0, 0.1) is 0 Å². The Morgan fingerprint density at radius 1 is 1.29 bits per heavy atom. The van der Waals surface area contributed by atoms with Crippen molar-refractivity contribution in [1.82, 2.24) is 5.32 Å². The molecular formula is C18H27NO2. The molecule has 1 aliphatic carbocycles. The highest BCUT2D eigenvalue weighted by Crippen LogP contribution is 2.43. The highest BCUT2D eigenvalue weighted by molar-refractivity contribution is 5.35. The minimum atomic E-state index is 0.236. The quantitative estimate of drug-likeness (QED) is 0.893. The number of hydrogen-bond acceptors (Lipinski definition) is 3. The van der Waals surface area contributed by atoms with Crippen molar-refractivity contribution in [3.63, 3.8) is 0 Å². The summed E-state index contributed by atoms with van der Waals surface area (Å²) in [5.74, 6) is 0.956. The maximum Gasteiger partial charge on any atom is 0.123 e. The molecular weight excluding hydrogens is 262 g/mol. The maximum atomic E-state index is 6.36. The zero-order chi connectivity index (χ0) is 14.7. The molecule has 3 heteroatoms. The minimum absolute atomic E-state index is 0.236. The zero-order valence-electron chi connectivity index (χ0n) is 13.2. The standard InChI is InChI=1S/C18H27NO2/c1-14(16-7-3-4-8-17(16)20-2)19-13-15-9-12-18(21-15)10-5-6-11-18/h3-4,7-8,14-15,19H,5-6,9-13H2,1-2H3/t14-,15?/m0/s1. The number of benzene rings is 1. The van der Waals surface area contributed by atoms with Crippen LogP contribution in [0.15, 0.2) is 24.3 Å². The summed E-state index contributed by atoms with van der Waals surface area (Å²) in [7, 11) is 1.73. The summed E-state index contributed by atoms with van der Waals surface area (Å²) >= 11 is 0. The van der Waals surface area contributed by atoms with Gasteiger partial charge in [0.15, 0.2) is 0 Å². The molecule has 0 amide bonds. The van der Waals surface area contributed by atoms with Crippen molar-refractivity contribution in [2.75, 3.05) is 13.7 Å². The van der Waals surface area contributed by atoms with Gasteiger partial charge in [0.05, 0.1) is 18.8 Å². The molecule has 2 fully saturated rings. The summed E-state index contributed by atoms with van der Waals surface area (Å²) in [6, 6.07) is 8.51. The van der Waals surface area contributed by atoms with Gasteiger partial charge in [-0.25, -0.2) is 0 Å². The Kier molecular flexibility index (Phi) is 4.51. The minimum Gasteiger partial charge on any atom is -0.496 e. The Hall–Kier alpha value is -1.06. The number of nitrogens with one attached hydrogen (secondary N) is 1. The molecule has 0 bridgehead atoms. The highest BCUT2D eigenvalue weighted by Gasteiger charge is 2.41. The van der Waals surface area contributed by atoms with Crippen molar-refractivity contribution < 1.29 is 9.47 Å². The molecule has 21 heavy (non-hydrogen) atoms. The molecule has 1 spiro atoms. The smallest absolute Gasteiger partial charge is 0.123 e. The Labute approximate surface area is 128 Å². The second kappa shape index (κ2) is 6.37. The van der Waals surface area contributed by atoms with E-state index in [1.807, 2.05) is 12.1 Å². The van der Waals surface area contributed by atoms with Gasteiger partial charge in [0.1, 0.15) is 5.75 Å². The molecule has 1 saturated carbocycles. The number of hydrogen-bond donors (Lipinski definition) is 1. The molecule has 1 aromatic rings. The molecule has 116 valence electrons. The Balaban J connectivity index is 1.53. The van der Waals surface area contributed by atoms with Crippen LogP contribution < -0.4 is 10.1 Å². The number of para-hydroxylation sites is 1. The Morgan fingerprint density at radius 3 is 2.81 bits per heavy atom. The van der Waals surface area contributed by atoms with E-state index in [2.05, 4.69) is 24.4 Å². The lowest BCUT2D eigenvalue weighted by Gasteiger charge is -2.25. The zero-order valence-corrected chi connectivity index (χ0v) is 13.2. The van der Waals surface area contributed by atoms with Crippen LogP contribution in [-0.2, 0) is 4.74 Å². The summed E-state index contributed by atoms with van der Waals surface area (Å²) in [5.41, 5.74) is 1.45. The van der Waals surface area contributed by atoms with Gasteiger partial charge in [0.25, 0.3) is 0 Å². The van der Waals surface area contributed by atoms with E-state index in [9.17, 15) is 0 Å². The van der Waals surface area contributed by atoms with Crippen LogP contribution in [-0.4, -0.2) is 25.4 Å². The summed E-state index contributed by atoms with van der Waals surface area (Å²) in [5, 5.41) is 3.62. The van der Waals surface area contributed by atoms with Gasteiger partial charge in [-0.15, -0.1) is 0 Å². The van der Waals surface area contributed by atoms with Crippen LogP contribution in [0.3, 0.4) is 0 Å². The molecule has 1 N–H and O–H groups in total. The molecule has 1 heterocycles. The molecule has 0 radical (unpaired) electrons. The molecule has 1 aliphatic heterocycles. The SMILES string of the molecule is COc1ccccc1[C@H](C)NCC1CCC2(CCCC2)O1. The van der Waals surface area contributed by atoms with Crippen molar-refractivity contribution in [3.05, 3.63) is 29.8 Å². The number of ether oxygens (including phenoxy) is 2. The lowest BCUT2D eigenvalue weighted by Crippen LogP contribution is -2.32. The van der Waals surface area contributed by atoms with Crippen LogP contribution in [0.5, 0.6) is 5.75 Å². The van der Waals surface area contributed by atoms with Crippen molar-refractivity contribution >= 4 is 0 Å². The molecule has 1 unspecified atom stereocenters. The highest BCUT2D eigenvalue weighted by atomic mass is 16.5. The van der Waals surface area contributed by atoms with E-state index < -0.39 is 0 Å². The van der Waals surface area contributed by atoms with Crippen LogP contribution in [0.1, 0.15) is 57.1 Å². The Bertz CT molecular complexity index is 468. The second-order valence-electron chi connectivity index (χ2n) is 6.54. The van der Waals surface area contributed by atoms with Gasteiger partial charge < -0.3 is 14.8 Å². The van der Waals surface area contributed by atoms with Gasteiger partial charge in [-0.2, -0.15) is 0 Å². The van der Waals surface area contributed by atoms with Crippen molar-refractivity contribution in [2.24, 2.45) is 0 Å². The van der Waals surface area contributed by atoms with Crippen molar-refractivity contribution in [1.29, 1.82) is 0 Å². The van der Waals surface area contributed by atoms with Crippen molar-refractivity contribution in [2.45, 2.75) is 63.2 Å². The third-order valence-corrected chi connectivity index (χ3v) is 5.11. The van der Waals surface area contributed by atoms with Crippen LogP contribution in [0.4, 0.5) is 0 Å². The molecule has 2 aliphatic rings. The molecule has 1 saturated heterocycles. The van der Waals surface area contributed by atoms with Crippen LogP contribution >= 0.6 is 0 Å². The van der Waals surface area contributed by atoms with Gasteiger partial charge in [-0.3, -0.25) is 0 Å². The van der Waals surface area contributed by atoms with Crippen LogP contribution in [0.2, 0.25) is 0 Å². The predicted octanol–water partition coefficient (Wildman–Crippen LogP) is 3.84. The Morgan fingerprint density at radius 2 is 2.05 bits per heavy atom. The first-order valence-electron chi connectivity index (χ1n) is 8.26.